The van der Waals surface area contributed by atoms with Crippen molar-refractivity contribution in [3.05, 3.63) is 42.2 Å². The first-order valence-electron chi connectivity index (χ1n) is 6.44. The number of hydrogen-bond donors (Lipinski definition) is 0. The topological polar surface area (TPSA) is 41.5 Å². The lowest BCUT2D eigenvalue weighted by Gasteiger charge is -2.21. The molecule has 0 aliphatic rings. The van der Waals surface area contributed by atoms with Gasteiger partial charge in [-0.05, 0) is 6.07 Å². The molecule has 106 valence electrons. The molecule has 0 aliphatic heterocycles. The minimum absolute atomic E-state index is 0.730. The zero-order valence-electron chi connectivity index (χ0n) is 12.4. The van der Waals surface area contributed by atoms with Gasteiger partial charge in [0.2, 0.25) is 0 Å². The molecule has 0 spiro atoms. The second-order valence-corrected chi connectivity index (χ2v) is 4.80. The molecule has 2 aromatic rings. The third-order valence-electron chi connectivity index (χ3n) is 3.09. The Balaban J connectivity index is 2.19. The van der Waals surface area contributed by atoms with Crippen LogP contribution in [-0.2, 0) is 6.54 Å². The highest BCUT2D eigenvalue weighted by Crippen LogP contribution is 2.22. The lowest BCUT2D eigenvalue weighted by molar-refractivity contribution is 0.409. The minimum atomic E-state index is 0.730. The predicted octanol–water partition coefficient (Wildman–Crippen LogP) is 2.19. The van der Waals surface area contributed by atoms with Crippen molar-refractivity contribution in [3.8, 4) is 5.75 Å². The Kier molecular flexibility index (Phi) is 4.40. The van der Waals surface area contributed by atoms with Gasteiger partial charge >= 0.3 is 0 Å². The number of anilines is 2. The van der Waals surface area contributed by atoms with Crippen LogP contribution >= 0.6 is 0 Å². The average Bonchev–Trinajstić information content (AvgIpc) is 2.48. The van der Waals surface area contributed by atoms with Gasteiger partial charge < -0.3 is 14.5 Å². The third kappa shape index (κ3) is 3.17. The molecule has 0 saturated carbocycles. The first kappa shape index (κ1) is 14.1. The van der Waals surface area contributed by atoms with E-state index >= 15 is 0 Å². The molecule has 0 aliphatic carbocycles. The van der Waals surface area contributed by atoms with Crippen LogP contribution in [-0.4, -0.2) is 38.2 Å². The normalized spacial score (nSPS) is 10.2. The van der Waals surface area contributed by atoms with E-state index in [-0.39, 0.29) is 0 Å². The van der Waals surface area contributed by atoms with Crippen LogP contribution in [0.1, 0.15) is 5.56 Å². The quantitative estimate of drug-likeness (QED) is 0.834. The lowest BCUT2D eigenvalue weighted by atomic mass is 10.2. The summed E-state index contributed by atoms with van der Waals surface area (Å²) in [7, 11) is 7.63. The summed E-state index contributed by atoms with van der Waals surface area (Å²) in [6.07, 6.45) is 1.59. The summed E-state index contributed by atoms with van der Waals surface area (Å²) in [6.45, 7) is 0.730. The molecule has 0 amide bonds. The van der Waals surface area contributed by atoms with Crippen molar-refractivity contribution in [2.75, 3.05) is 38.1 Å². The van der Waals surface area contributed by atoms with Crippen molar-refractivity contribution in [1.82, 2.24) is 9.97 Å². The number of para-hydroxylation sites is 1. The van der Waals surface area contributed by atoms with Gasteiger partial charge in [-0.2, -0.15) is 0 Å². The first-order valence-corrected chi connectivity index (χ1v) is 6.44. The van der Waals surface area contributed by atoms with E-state index in [0.717, 1.165) is 29.5 Å². The van der Waals surface area contributed by atoms with Gasteiger partial charge in [-0.25, -0.2) is 9.97 Å². The molecule has 5 nitrogen and oxygen atoms in total. The molecule has 0 fully saturated rings. The number of aromatic nitrogens is 2. The van der Waals surface area contributed by atoms with Gasteiger partial charge in [-0.15, -0.1) is 0 Å². The minimum Gasteiger partial charge on any atom is -0.496 e. The molecule has 1 aromatic carbocycles. The Morgan fingerprint density at radius 2 is 1.75 bits per heavy atom. The van der Waals surface area contributed by atoms with Gasteiger partial charge in [0.15, 0.2) is 0 Å². The van der Waals surface area contributed by atoms with E-state index in [4.69, 9.17) is 4.74 Å². The van der Waals surface area contributed by atoms with Gasteiger partial charge in [0.1, 0.15) is 23.7 Å². The number of ether oxygens (including phenoxy) is 1. The number of nitrogens with zero attached hydrogens (tertiary/aromatic N) is 4. The monoisotopic (exact) mass is 272 g/mol. The summed E-state index contributed by atoms with van der Waals surface area (Å²) in [5, 5.41) is 0. The molecule has 0 N–H and O–H groups in total. The lowest BCUT2D eigenvalue weighted by Crippen LogP contribution is -2.19. The number of hydrogen-bond acceptors (Lipinski definition) is 5. The Morgan fingerprint density at radius 1 is 1.05 bits per heavy atom. The fourth-order valence-electron chi connectivity index (χ4n) is 1.96. The zero-order valence-corrected chi connectivity index (χ0v) is 12.4. The smallest absolute Gasteiger partial charge is 0.134 e. The summed E-state index contributed by atoms with van der Waals surface area (Å²) in [4.78, 5) is 12.6. The highest BCUT2D eigenvalue weighted by molar-refractivity contribution is 5.49. The summed E-state index contributed by atoms with van der Waals surface area (Å²) >= 11 is 0. The maximum absolute atomic E-state index is 5.38. The first-order chi connectivity index (χ1) is 9.61. The van der Waals surface area contributed by atoms with Crippen molar-refractivity contribution in [3.63, 3.8) is 0 Å². The molecule has 5 heteroatoms. The van der Waals surface area contributed by atoms with Gasteiger partial charge in [-0.3, -0.25) is 0 Å². The average molecular weight is 272 g/mol. The van der Waals surface area contributed by atoms with Crippen LogP contribution in [0.15, 0.2) is 36.7 Å². The number of methoxy groups -OCH3 is 1. The van der Waals surface area contributed by atoms with E-state index in [9.17, 15) is 0 Å². The summed E-state index contributed by atoms with van der Waals surface area (Å²) in [5.41, 5.74) is 1.13. The van der Waals surface area contributed by atoms with Crippen molar-refractivity contribution < 1.29 is 4.74 Å². The van der Waals surface area contributed by atoms with Crippen LogP contribution in [0.4, 0.5) is 11.6 Å². The molecular weight excluding hydrogens is 252 g/mol. The van der Waals surface area contributed by atoms with Crippen LogP contribution in [0, 0.1) is 0 Å². The second-order valence-electron chi connectivity index (χ2n) is 4.80. The fourth-order valence-corrected chi connectivity index (χ4v) is 1.96. The van der Waals surface area contributed by atoms with Gasteiger partial charge in [0, 0.05) is 39.3 Å². The summed E-state index contributed by atoms with van der Waals surface area (Å²) in [5.74, 6) is 2.66. The van der Waals surface area contributed by atoms with Gasteiger partial charge in [0.25, 0.3) is 0 Å². The Labute approximate surface area is 119 Å². The molecule has 0 atom stereocenters. The highest BCUT2D eigenvalue weighted by Gasteiger charge is 2.09. The van der Waals surface area contributed by atoms with Gasteiger partial charge in [0.05, 0.1) is 7.11 Å². The van der Waals surface area contributed by atoms with E-state index < -0.39 is 0 Å². The van der Waals surface area contributed by atoms with E-state index in [1.54, 1.807) is 13.4 Å². The van der Waals surface area contributed by atoms with Crippen LogP contribution in [0.2, 0.25) is 0 Å². The molecule has 20 heavy (non-hydrogen) atoms. The SMILES string of the molecule is COc1ccccc1CN(C)c1cc(N(C)C)ncn1. The Hall–Kier alpha value is -2.30. The third-order valence-corrected chi connectivity index (χ3v) is 3.09. The molecule has 0 radical (unpaired) electrons. The molecule has 2 rings (SSSR count). The standard InChI is InChI=1S/C15H20N4O/c1-18(2)14-9-15(17-11-16-14)19(3)10-12-7-5-6-8-13(12)20-4/h5-9,11H,10H2,1-4H3. The van der Waals surface area contributed by atoms with Crippen LogP contribution in [0.25, 0.3) is 0 Å². The largest absolute Gasteiger partial charge is 0.496 e. The molecular formula is C15H20N4O. The predicted molar refractivity (Wildman–Crippen MR) is 81.5 cm³/mol. The van der Waals surface area contributed by atoms with Crippen molar-refractivity contribution >= 4 is 11.6 Å². The Morgan fingerprint density at radius 3 is 2.45 bits per heavy atom. The molecule has 0 unspecified atom stereocenters. The van der Waals surface area contributed by atoms with Crippen molar-refractivity contribution in [2.45, 2.75) is 6.54 Å². The van der Waals surface area contributed by atoms with E-state index in [0.29, 0.717) is 0 Å². The summed E-state index contributed by atoms with van der Waals surface area (Å²) in [6, 6.07) is 9.97. The van der Waals surface area contributed by atoms with E-state index in [1.807, 2.05) is 50.3 Å². The van der Waals surface area contributed by atoms with E-state index in [1.165, 1.54) is 0 Å². The highest BCUT2D eigenvalue weighted by atomic mass is 16.5. The maximum Gasteiger partial charge on any atom is 0.134 e. The van der Waals surface area contributed by atoms with Gasteiger partial charge in [-0.1, -0.05) is 18.2 Å². The van der Waals surface area contributed by atoms with Crippen molar-refractivity contribution in [2.24, 2.45) is 0 Å². The maximum atomic E-state index is 5.38. The molecule has 1 heterocycles. The van der Waals surface area contributed by atoms with Crippen LogP contribution in [0.3, 0.4) is 0 Å². The molecule has 0 saturated heterocycles. The van der Waals surface area contributed by atoms with E-state index in [2.05, 4.69) is 20.9 Å². The number of benzene rings is 1. The molecule has 0 bridgehead atoms. The van der Waals surface area contributed by atoms with Crippen LogP contribution < -0.4 is 14.5 Å². The fraction of sp³-hybridized carbons (Fsp3) is 0.333. The second kappa shape index (κ2) is 6.23. The molecule has 1 aromatic heterocycles. The zero-order chi connectivity index (χ0) is 14.5. The van der Waals surface area contributed by atoms with Crippen LogP contribution in [0.5, 0.6) is 5.75 Å². The Bertz CT molecular complexity index is 571. The van der Waals surface area contributed by atoms with Crippen molar-refractivity contribution in [1.29, 1.82) is 0 Å². The number of rotatable bonds is 5. The summed E-state index contributed by atoms with van der Waals surface area (Å²) < 4.78 is 5.38.